The number of carbonyl (C=O) groups excluding carboxylic acids is 1. The number of piperidine rings is 1. The van der Waals surface area contributed by atoms with Crippen LogP contribution in [-0.4, -0.2) is 35.0 Å². The van der Waals surface area contributed by atoms with E-state index in [1.165, 1.54) is 6.20 Å². The van der Waals surface area contributed by atoms with Gasteiger partial charge in [-0.05, 0) is 62.5 Å². The highest BCUT2D eigenvalue weighted by Crippen LogP contribution is 2.25. The fraction of sp³-hybridized carbons (Fsp3) is 0.450. The van der Waals surface area contributed by atoms with Gasteiger partial charge >= 0.3 is 0 Å². The van der Waals surface area contributed by atoms with Crippen LogP contribution in [0.25, 0.3) is 0 Å². The summed E-state index contributed by atoms with van der Waals surface area (Å²) in [6.07, 6.45) is 7.65. The molecule has 3 heterocycles. The number of nitrogens with zero attached hydrogens (tertiary/aromatic N) is 2. The molecule has 3 rings (SSSR count). The van der Waals surface area contributed by atoms with E-state index in [4.69, 9.17) is 11.6 Å². The number of nitrogens with one attached hydrogen (secondary N) is 3. The standard InChI is InChI=1S/C20H26ClN5O/c1-2-4-17(14-8-11-22-12-9-14)25-19-16(5-3-10-23-19)20(27)26-18-7-6-15(21)13-24-18/h3,5-7,10,13-14,17,22H,2,4,8-9,11-12H2,1H3,(H,23,25)(H,24,26,27). The minimum atomic E-state index is -0.235. The van der Waals surface area contributed by atoms with Crippen LogP contribution in [0.15, 0.2) is 36.7 Å². The Hall–Kier alpha value is -2.18. The van der Waals surface area contributed by atoms with E-state index in [9.17, 15) is 4.79 Å². The average molecular weight is 388 g/mol. The molecule has 0 aromatic carbocycles. The minimum absolute atomic E-state index is 0.235. The van der Waals surface area contributed by atoms with E-state index < -0.39 is 0 Å². The molecule has 2 aromatic heterocycles. The summed E-state index contributed by atoms with van der Waals surface area (Å²) in [5.74, 6) is 1.44. The Morgan fingerprint density at radius 1 is 1.30 bits per heavy atom. The van der Waals surface area contributed by atoms with Crippen molar-refractivity contribution >= 4 is 29.1 Å². The molecule has 1 atom stereocenters. The zero-order valence-electron chi connectivity index (χ0n) is 15.5. The van der Waals surface area contributed by atoms with Gasteiger partial charge in [0.25, 0.3) is 5.91 Å². The highest BCUT2D eigenvalue weighted by atomic mass is 35.5. The summed E-state index contributed by atoms with van der Waals surface area (Å²) in [4.78, 5) is 21.3. The van der Waals surface area contributed by atoms with Gasteiger partial charge in [-0.25, -0.2) is 9.97 Å². The van der Waals surface area contributed by atoms with Crippen molar-refractivity contribution in [3.63, 3.8) is 0 Å². The van der Waals surface area contributed by atoms with Crippen LogP contribution >= 0.6 is 11.6 Å². The quantitative estimate of drug-likeness (QED) is 0.670. The average Bonchev–Trinajstić information content (AvgIpc) is 2.70. The molecule has 144 valence electrons. The summed E-state index contributed by atoms with van der Waals surface area (Å²) in [5, 5.41) is 10.3. The van der Waals surface area contributed by atoms with Gasteiger partial charge < -0.3 is 16.0 Å². The van der Waals surface area contributed by atoms with Crippen LogP contribution in [-0.2, 0) is 0 Å². The number of pyridine rings is 2. The number of carbonyl (C=O) groups is 1. The van der Waals surface area contributed by atoms with E-state index in [1.807, 2.05) is 0 Å². The van der Waals surface area contributed by atoms with E-state index in [0.717, 1.165) is 38.8 Å². The first kappa shape index (κ1) is 19.6. The summed E-state index contributed by atoms with van der Waals surface area (Å²) >= 11 is 5.85. The third-order valence-electron chi connectivity index (χ3n) is 4.90. The molecule has 2 aromatic rings. The number of anilines is 2. The molecular formula is C20H26ClN5O. The van der Waals surface area contributed by atoms with Crippen LogP contribution < -0.4 is 16.0 Å². The third-order valence-corrected chi connectivity index (χ3v) is 5.12. The lowest BCUT2D eigenvalue weighted by atomic mass is 9.87. The first-order valence-corrected chi connectivity index (χ1v) is 9.90. The van der Waals surface area contributed by atoms with Gasteiger partial charge in [-0.1, -0.05) is 24.9 Å². The second-order valence-electron chi connectivity index (χ2n) is 6.84. The Labute approximate surface area is 165 Å². The predicted octanol–water partition coefficient (Wildman–Crippen LogP) is 3.96. The Bertz CT molecular complexity index is 746. The fourth-order valence-electron chi connectivity index (χ4n) is 3.50. The Morgan fingerprint density at radius 3 is 2.81 bits per heavy atom. The van der Waals surface area contributed by atoms with Gasteiger partial charge in [0.05, 0.1) is 10.6 Å². The lowest BCUT2D eigenvalue weighted by molar-refractivity contribution is 0.102. The smallest absolute Gasteiger partial charge is 0.260 e. The first-order chi connectivity index (χ1) is 13.2. The molecule has 27 heavy (non-hydrogen) atoms. The van der Waals surface area contributed by atoms with E-state index in [0.29, 0.717) is 34.2 Å². The number of aromatic nitrogens is 2. The van der Waals surface area contributed by atoms with Crippen LogP contribution in [0.5, 0.6) is 0 Å². The van der Waals surface area contributed by atoms with Crippen molar-refractivity contribution in [3.05, 3.63) is 47.2 Å². The van der Waals surface area contributed by atoms with E-state index in [1.54, 1.807) is 30.5 Å². The summed E-state index contributed by atoms with van der Waals surface area (Å²) in [5.41, 5.74) is 0.518. The molecule has 3 N–H and O–H groups in total. The van der Waals surface area contributed by atoms with Crippen molar-refractivity contribution in [2.75, 3.05) is 23.7 Å². The molecule has 1 fully saturated rings. The van der Waals surface area contributed by atoms with Crippen LogP contribution in [0, 0.1) is 5.92 Å². The van der Waals surface area contributed by atoms with Gasteiger partial charge in [0.2, 0.25) is 0 Å². The molecule has 1 unspecified atom stereocenters. The summed E-state index contributed by atoms with van der Waals surface area (Å²) in [6, 6.07) is 7.24. The van der Waals surface area contributed by atoms with Crippen LogP contribution in [0.2, 0.25) is 5.02 Å². The summed E-state index contributed by atoms with van der Waals surface area (Å²) in [7, 11) is 0. The molecule has 6 nitrogen and oxygen atoms in total. The lowest BCUT2D eigenvalue weighted by Gasteiger charge is -2.32. The molecule has 0 aliphatic carbocycles. The lowest BCUT2D eigenvalue weighted by Crippen LogP contribution is -2.38. The van der Waals surface area contributed by atoms with Crippen LogP contribution in [0.1, 0.15) is 43.0 Å². The van der Waals surface area contributed by atoms with Crippen LogP contribution in [0.4, 0.5) is 11.6 Å². The monoisotopic (exact) mass is 387 g/mol. The molecule has 1 saturated heterocycles. The molecule has 7 heteroatoms. The zero-order chi connectivity index (χ0) is 19.1. The Morgan fingerprint density at radius 2 is 2.11 bits per heavy atom. The van der Waals surface area contributed by atoms with Crippen molar-refractivity contribution in [2.24, 2.45) is 5.92 Å². The SMILES string of the molecule is CCCC(Nc1ncccc1C(=O)Nc1ccc(Cl)cn1)C1CCNCC1. The van der Waals surface area contributed by atoms with Crippen molar-refractivity contribution in [3.8, 4) is 0 Å². The number of rotatable bonds is 7. The molecule has 0 saturated carbocycles. The van der Waals surface area contributed by atoms with Gasteiger partial charge in [0, 0.05) is 18.4 Å². The highest BCUT2D eigenvalue weighted by Gasteiger charge is 2.24. The number of halogens is 1. The number of amides is 1. The van der Waals surface area contributed by atoms with E-state index in [2.05, 4.69) is 32.8 Å². The van der Waals surface area contributed by atoms with E-state index >= 15 is 0 Å². The normalized spacial score (nSPS) is 15.9. The largest absolute Gasteiger partial charge is 0.366 e. The van der Waals surface area contributed by atoms with Gasteiger partial charge in [0.1, 0.15) is 11.6 Å². The maximum Gasteiger partial charge on any atom is 0.260 e. The summed E-state index contributed by atoms with van der Waals surface area (Å²) in [6.45, 7) is 4.28. The molecular weight excluding hydrogens is 362 g/mol. The van der Waals surface area contributed by atoms with Crippen molar-refractivity contribution in [1.82, 2.24) is 15.3 Å². The van der Waals surface area contributed by atoms with Gasteiger partial charge in [0.15, 0.2) is 0 Å². The van der Waals surface area contributed by atoms with Gasteiger partial charge in [-0.3, -0.25) is 4.79 Å². The molecule has 0 radical (unpaired) electrons. The highest BCUT2D eigenvalue weighted by molar-refractivity contribution is 6.30. The minimum Gasteiger partial charge on any atom is -0.366 e. The first-order valence-electron chi connectivity index (χ1n) is 9.52. The second kappa shape index (κ2) is 9.67. The Kier molecular flexibility index (Phi) is 7.01. The van der Waals surface area contributed by atoms with Crippen molar-refractivity contribution < 1.29 is 4.79 Å². The number of hydrogen-bond donors (Lipinski definition) is 3. The van der Waals surface area contributed by atoms with Crippen LogP contribution in [0.3, 0.4) is 0 Å². The molecule has 0 spiro atoms. The third kappa shape index (κ3) is 5.40. The Balaban J connectivity index is 1.75. The molecule has 1 aliphatic rings. The van der Waals surface area contributed by atoms with Gasteiger partial charge in [-0.2, -0.15) is 0 Å². The number of hydrogen-bond acceptors (Lipinski definition) is 5. The molecule has 0 bridgehead atoms. The topological polar surface area (TPSA) is 78.9 Å². The molecule has 1 amide bonds. The van der Waals surface area contributed by atoms with Crippen molar-refractivity contribution in [1.29, 1.82) is 0 Å². The fourth-order valence-corrected chi connectivity index (χ4v) is 3.61. The van der Waals surface area contributed by atoms with E-state index in [-0.39, 0.29) is 5.91 Å². The van der Waals surface area contributed by atoms with Gasteiger partial charge in [-0.15, -0.1) is 0 Å². The maximum absolute atomic E-state index is 12.8. The summed E-state index contributed by atoms with van der Waals surface area (Å²) < 4.78 is 0. The maximum atomic E-state index is 12.8. The second-order valence-corrected chi connectivity index (χ2v) is 7.28. The predicted molar refractivity (Wildman–Crippen MR) is 109 cm³/mol. The van der Waals surface area contributed by atoms with Crippen molar-refractivity contribution in [2.45, 2.75) is 38.6 Å². The zero-order valence-corrected chi connectivity index (χ0v) is 16.3. The molecule has 1 aliphatic heterocycles.